The lowest BCUT2D eigenvalue weighted by atomic mass is 10.2. The van der Waals surface area contributed by atoms with Crippen molar-refractivity contribution < 1.29 is 19.5 Å². The SMILES string of the molecule is CCCC(NC(=O)N1CCNC(=O)C1)C(=O)O. The molecule has 1 atom stereocenters. The molecule has 3 amide bonds. The molecule has 1 fully saturated rings. The Bertz CT molecular complexity index is 319. The molecule has 0 aromatic heterocycles. The standard InChI is InChI=1S/C10H17N3O4/c1-2-3-7(9(15)16)12-10(17)13-5-4-11-8(14)6-13/h7H,2-6H2,1H3,(H,11,14)(H,12,17)(H,15,16). The van der Waals surface area contributed by atoms with Crippen molar-refractivity contribution >= 4 is 17.9 Å². The minimum atomic E-state index is -1.05. The summed E-state index contributed by atoms with van der Waals surface area (Å²) in [5, 5.41) is 13.9. The number of amides is 3. The van der Waals surface area contributed by atoms with Crippen molar-refractivity contribution in [3.8, 4) is 0 Å². The summed E-state index contributed by atoms with van der Waals surface area (Å²) in [5.41, 5.74) is 0. The number of hydrogen-bond donors (Lipinski definition) is 3. The predicted molar refractivity (Wildman–Crippen MR) is 59.4 cm³/mol. The molecule has 0 spiro atoms. The van der Waals surface area contributed by atoms with Crippen LogP contribution in [0.3, 0.4) is 0 Å². The molecule has 0 saturated carbocycles. The third-order valence-electron chi connectivity index (χ3n) is 2.50. The lowest BCUT2D eigenvalue weighted by Crippen LogP contribution is -2.55. The third-order valence-corrected chi connectivity index (χ3v) is 2.50. The molecule has 1 aliphatic rings. The van der Waals surface area contributed by atoms with Crippen LogP contribution in [0.5, 0.6) is 0 Å². The fraction of sp³-hybridized carbons (Fsp3) is 0.700. The summed E-state index contributed by atoms with van der Waals surface area (Å²) in [6, 6.07) is -1.39. The Kier molecular flexibility index (Phi) is 4.74. The van der Waals surface area contributed by atoms with Crippen molar-refractivity contribution in [1.29, 1.82) is 0 Å². The molecule has 0 bridgehead atoms. The second kappa shape index (κ2) is 6.07. The van der Waals surface area contributed by atoms with Gasteiger partial charge in [0.1, 0.15) is 12.6 Å². The van der Waals surface area contributed by atoms with Gasteiger partial charge in [0.05, 0.1) is 0 Å². The number of carboxylic acid groups (broad SMARTS) is 1. The van der Waals surface area contributed by atoms with Gasteiger partial charge in [-0.3, -0.25) is 4.79 Å². The number of nitrogens with zero attached hydrogens (tertiary/aromatic N) is 1. The van der Waals surface area contributed by atoms with E-state index >= 15 is 0 Å². The van der Waals surface area contributed by atoms with Gasteiger partial charge in [0.25, 0.3) is 0 Å². The van der Waals surface area contributed by atoms with Gasteiger partial charge in [-0.15, -0.1) is 0 Å². The zero-order valence-corrected chi connectivity index (χ0v) is 9.73. The van der Waals surface area contributed by atoms with Crippen molar-refractivity contribution in [1.82, 2.24) is 15.5 Å². The van der Waals surface area contributed by atoms with Gasteiger partial charge in [0.15, 0.2) is 0 Å². The smallest absolute Gasteiger partial charge is 0.326 e. The first-order valence-corrected chi connectivity index (χ1v) is 5.59. The molecule has 7 nitrogen and oxygen atoms in total. The predicted octanol–water partition coefficient (Wildman–Crippen LogP) is -0.619. The second-order valence-electron chi connectivity index (χ2n) is 3.90. The van der Waals surface area contributed by atoms with Crippen molar-refractivity contribution in [2.45, 2.75) is 25.8 Å². The lowest BCUT2D eigenvalue weighted by molar-refractivity contribution is -0.139. The highest BCUT2D eigenvalue weighted by Gasteiger charge is 2.25. The van der Waals surface area contributed by atoms with Crippen LogP contribution in [0.15, 0.2) is 0 Å². The molecule has 0 aromatic carbocycles. The lowest BCUT2D eigenvalue weighted by Gasteiger charge is -2.28. The van der Waals surface area contributed by atoms with Crippen LogP contribution in [-0.4, -0.2) is 53.6 Å². The molecule has 1 rings (SSSR count). The molecule has 1 unspecified atom stereocenters. The largest absolute Gasteiger partial charge is 0.480 e. The molecule has 0 aliphatic carbocycles. The quantitative estimate of drug-likeness (QED) is 0.613. The van der Waals surface area contributed by atoms with Crippen molar-refractivity contribution in [2.24, 2.45) is 0 Å². The van der Waals surface area contributed by atoms with Gasteiger partial charge in [0, 0.05) is 13.1 Å². The van der Waals surface area contributed by atoms with Gasteiger partial charge in [0.2, 0.25) is 5.91 Å². The normalized spacial score (nSPS) is 17.2. The Labute approximate surface area is 99.2 Å². The Balaban J connectivity index is 2.51. The number of rotatable bonds is 4. The van der Waals surface area contributed by atoms with Crippen LogP contribution < -0.4 is 10.6 Å². The van der Waals surface area contributed by atoms with E-state index in [1.807, 2.05) is 6.92 Å². The molecule has 0 radical (unpaired) electrons. The zero-order valence-electron chi connectivity index (χ0n) is 9.73. The van der Waals surface area contributed by atoms with E-state index in [-0.39, 0.29) is 12.5 Å². The van der Waals surface area contributed by atoms with Crippen LogP contribution in [0.2, 0.25) is 0 Å². The van der Waals surface area contributed by atoms with Crippen LogP contribution in [0.1, 0.15) is 19.8 Å². The molecule has 17 heavy (non-hydrogen) atoms. The van der Waals surface area contributed by atoms with E-state index < -0.39 is 18.0 Å². The van der Waals surface area contributed by atoms with Crippen LogP contribution in [-0.2, 0) is 9.59 Å². The third kappa shape index (κ3) is 3.93. The van der Waals surface area contributed by atoms with Crippen molar-refractivity contribution in [2.75, 3.05) is 19.6 Å². The highest BCUT2D eigenvalue weighted by Crippen LogP contribution is 2.00. The van der Waals surface area contributed by atoms with Gasteiger partial charge < -0.3 is 20.6 Å². The number of piperazine rings is 1. The number of carbonyl (C=O) groups excluding carboxylic acids is 2. The van der Waals surface area contributed by atoms with Gasteiger partial charge >= 0.3 is 12.0 Å². The van der Waals surface area contributed by atoms with E-state index in [1.54, 1.807) is 0 Å². The summed E-state index contributed by atoms with van der Waals surface area (Å²) in [6.45, 7) is 2.62. The summed E-state index contributed by atoms with van der Waals surface area (Å²) in [7, 11) is 0. The summed E-state index contributed by atoms with van der Waals surface area (Å²) in [5.74, 6) is -1.28. The fourth-order valence-corrected chi connectivity index (χ4v) is 1.60. The van der Waals surface area contributed by atoms with Crippen molar-refractivity contribution in [3.05, 3.63) is 0 Å². The van der Waals surface area contributed by atoms with Crippen LogP contribution in [0, 0.1) is 0 Å². The average molecular weight is 243 g/mol. The monoisotopic (exact) mass is 243 g/mol. The van der Waals surface area contributed by atoms with E-state index in [0.717, 1.165) is 0 Å². The number of aliphatic carboxylic acids is 1. The van der Waals surface area contributed by atoms with E-state index in [2.05, 4.69) is 10.6 Å². The highest BCUT2D eigenvalue weighted by atomic mass is 16.4. The summed E-state index contributed by atoms with van der Waals surface area (Å²) >= 11 is 0. The minimum absolute atomic E-state index is 0.0235. The first-order valence-electron chi connectivity index (χ1n) is 5.59. The number of hydrogen-bond acceptors (Lipinski definition) is 3. The molecule has 1 heterocycles. The first kappa shape index (κ1) is 13.3. The highest BCUT2D eigenvalue weighted by molar-refractivity contribution is 5.87. The van der Waals surface area contributed by atoms with E-state index in [4.69, 9.17) is 5.11 Å². The van der Waals surface area contributed by atoms with Crippen LogP contribution in [0.25, 0.3) is 0 Å². The Hall–Kier alpha value is -1.79. The molecular weight excluding hydrogens is 226 g/mol. The molecule has 3 N–H and O–H groups in total. The van der Waals surface area contributed by atoms with Crippen LogP contribution in [0.4, 0.5) is 4.79 Å². The number of carbonyl (C=O) groups is 3. The summed E-state index contributed by atoms with van der Waals surface area (Å²) in [6.07, 6.45) is 1.04. The fourth-order valence-electron chi connectivity index (χ4n) is 1.60. The summed E-state index contributed by atoms with van der Waals surface area (Å²) in [4.78, 5) is 34.9. The molecular formula is C10H17N3O4. The zero-order chi connectivity index (χ0) is 12.8. The molecule has 1 saturated heterocycles. The maximum absolute atomic E-state index is 11.7. The maximum atomic E-state index is 11.7. The van der Waals surface area contributed by atoms with Gasteiger partial charge in [-0.25, -0.2) is 9.59 Å². The number of urea groups is 1. The van der Waals surface area contributed by atoms with Gasteiger partial charge in [-0.1, -0.05) is 13.3 Å². The van der Waals surface area contributed by atoms with E-state index in [9.17, 15) is 14.4 Å². The minimum Gasteiger partial charge on any atom is -0.480 e. The first-order chi connectivity index (χ1) is 8.04. The topological polar surface area (TPSA) is 98.7 Å². The van der Waals surface area contributed by atoms with Gasteiger partial charge in [-0.2, -0.15) is 0 Å². The Morgan fingerprint density at radius 1 is 1.59 bits per heavy atom. The Morgan fingerprint density at radius 3 is 2.82 bits per heavy atom. The van der Waals surface area contributed by atoms with E-state index in [1.165, 1.54) is 4.90 Å². The number of carboxylic acids is 1. The Morgan fingerprint density at radius 2 is 2.29 bits per heavy atom. The molecule has 96 valence electrons. The molecule has 1 aliphatic heterocycles. The maximum Gasteiger partial charge on any atom is 0.326 e. The van der Waals surface area contributed by atoms with Gasteiger partial charge in [-0.05, 0) is 6.42 Å². The van der Waals surface area contributed by atoms with E-state index in [0.29, 0.717) is 25.9 Å². The average Bonchev–Trinajstić information content (AvgIpc) is 2.28. The second-order valence-corrected chi connectivity index (χ2v) is 3.90. The molecule has 7 heteroatoms. The number of nitrogens with one attached hydrogen (secondary N) is 2. The summed E-state index contributed by atoms with van der Waals surface area (Å²) < 4.78 is 0. The van der Waals surface area contributed by atoms with Crippen molar-refractivity contribution in [3.63, 3.8) is 0 Å². The molecule has 0 aromatic rings. The van der Waals surface area contributed by atoms with Crippen LogP contribution >= 0.6 is 0 Å².